The number of rotatable bonds is 5. The first-order valence-electron chi connectivity index (χ1n) is 9.92. The zero-order valence-corrected chi connectivity index (χ0v) is 17.1. The number of nitrogens with zero attached hydrogens (tertiary/aromatic N) is 3. The van der Waals surface area contributed by atoms with E-state index in [9.17, 15) is 9.59 Å². The van der Waals surface area contributed by atoms with E-state index in [1.165, 1.54) is 16.9 Å². The van der Waals surface area contributed by atoms with Gasteiger partial charge in [0.15, 0.2) is 0 Å². The molecule has 0 spiro atoms. The molecule has 3 rings (SSSR count). The van der Waals surface area contributed by atoms with E-state index in [4.69, 9.17) is 0 Å². The Morgan fingerprint density at radius 3 is 2.54 bits per heavy atom. The molecule has 0 aromatic carbocycles. The molecule has 0 bridgehead atoms. The molecule has 144 valence electrons. The fraction of sp³-hybridized carbons (Fsp3) is 0.700. The van der Waals surface area contributed by atoms with Crippen molar-refractivity contribution in [2.75, 3.05) is 45.8 Å². The Bertz CT molecular complexity index is 645. The van der Waals surface area contributed by atoms with Crippen molar-refractivity contribution in [2.45, 2.75) is 40.0 Å². The van der Waals surface area contributed by atoms with E-state index in [-0.39, 0.29) is 11.8 Å². The number of hydrogen-bond acceptors (Lipinski definition) is 4. The molecule has 2 aliphatic rings. The Morgan fingerprint density at radius 2 is 1.88 bits per heavy atom. The first kappa shape index (κ1) is 19.4. The van der Waals surface area contributed by atoms with Gasteiger partial charge < -0.3 is 9.80 Å². The number of fused-ring (bicyclic) bond motifs is 1. The standard InChI is InChI=1S/C20H31N3O2S/c1-4-22(5-2)19(24)14-21-8-10-23(11-9-21)20(25)18-13-16-12-15(3)6-7-17(16)26-18/h13,15H,4-12,14H2,1-3H3. The monoisotopic (exact) mass is 377 g/mol. The van der Waals surface area contributed by atoms with E-state index in [1.54, 1.807) is 11.3 Å². The van der Waals surface area contributed by atoms with Crippen LogP contribution in [0.4, 0.5) is 0 Å². The predicted octanol–water partition coefficient (Wildman–Crippen LogP) is 2.50. The van der Waals surface area contributed by atoms with Gasteiger partial charge in [0.1, 0.15) is 0 Å². The van der Waals surface area contributed by atoms with E-state index in [2.05, 4.69) is 17.9 Å². The Hall–Kier alpha value is -1.40. The highest BCUT2D eigenvalue weighted by atomic mass is 32.1. The third kappa shape index (κ3) is 4.29. The van der Waals surface area contributed by atoms with Gasteiger partial charge in [0, 0.05) is 44.1 Å². The fourth-order valence-corrected chi connectivity index (χ4v) is 5.12. The molecule has 6 heteroatoms. The van der Waals surface area contributed by atoms with Crippen LogP contribution in [0, 0.1) is 5.92 Å². The summed E-state index contributed by atoms with van der Waals surface area (Å²) in [6.07, 6.45) is 3.47. The number of carbonyl (C=O) groups is 2. The molecule has 1 aliphatic heterocycles. The summed E-state index contributed by atoms with van der Waals surface area (Å²) in [5.41, 5.74) is 1.39. The number of carbonyl (C=O) groups excluding carboxylic acids is 2. The molecule has 0 N–H and O–H groups in total. The van der Waals surface area contributed by atoms with Crippen LogP contribution in [-0.2, 0) is 17.6 Å². The van der Waals surface area contributed by atoms with Gasteiger partial charge in [-0.3, -0.25) is 14.5 Å². The van der Waals surface area contributed by atoms with Crippen LogP contribution in [0.5, 0.6) is 0 Å². The van der Waals surface area contributed by atoms with Gasteiger partial charge >= 0.3 is 0 Å². The second-order valence-electron chi connectivity index (χ2n) is 7.54. The third-order valence-electron chi connectivity index (χ3n) is 5.67. The van der Waals surface area contributed by atoms with Crippen LogP contribution in [0.2, 0.25) is 0 Å². The maximum absolute atomic E-state index is 12.9. The molecule has 1 saturated heterocycles. The van der Waals surface area contributed by atoms with Crippen LogP contribution in [0.15, 0.2) is 6.07 Å². The predicted molar refractivity (Wildman–Crippen MR) is 106 cm³/mol. The van der Waals surface area contributed by atoms with Gasteiger partial charge in [0.25, 0.3) is 5.91 Å². The SMILES string of the molecule is CCN(CC)C(=O)CN1CCN(C(=O)c2cc3c(s2)CCC(C)C3)CC1. The molecule has 2 heterocycles. The van der Waals surface area contributed by atoms with Gasteiger partial charge in [-0.2, -0.15) is 0 Å². The van der Waals surface area contributed by atoms with E-state index in [1.807, 2.05) is 23.6 Å². The quantitative estimate of drug-likeness (QED) is 0.792. The Kier molecular flexibility index (Phi) is 6.35. The summed E-state index contributed by atoms with van der Waals surface area (Å²) >= 11 is 1.69. The molecular weight excluding hydrogens is 346 g/mol. The van der Waals surface area contributed by atoms with Gasteiger partial charge in [0.05, 0.1) is 11.4 Å². The molecule has 26 heavy (non-hydrogen) atoms. The molecule has 2 amide bonds. The molecule has 1 fully saturated rings. The Labute approximate surface area is 161 Å². The lowest BCUT2D eigenvalue weighted by atomic mass is 9.90. The summed E-state index contributed by atoms with van der Waals surface area (Å²) < 4.78 is 0. The minimum absolute atomic E-state index is 0.173. The largest absolute Gasteiger partial charge is 0.342 e. The number of amides is 2. The molecule has 1 atom stereocenters. The molecule has 5 nitrogen and oxygen atoms in total. The summed E-state index contributed by atoms with van der Waals surface area (Å²) in [7, 11) is 0. The molecular formula is C20H31N3O2S. The second kappa shape index (κ2) is 8.53. The van der Waals surface area contributed by atoms with Crippen LogP contribution in [-0.4, -0.2) is 72.3 Å². The topological polar surface area (TPSA) is 43.9 Å². The highest BCUT2D eigenvalue weighted by Gasteiger charge is 2.27. The van der Waals surface area contributed by atoms with Gasteiger partial charge in [-0.25, -0.2) is 0 Å². The zero-order chi connectivity index (χ0) is 18.7. The van der Waals surface area contributed by atoms with Crippen molar-refractivity contribution < 1.29 is 9.59 Å². The lowest BCUT2D eigenvalue weighted by molar-refractivity contribution is -0.132. The van der Waals surface area contributed by atoms with E-state index in [0.717, 1.165) is 49.8 Å². The Morgan fingerprint density at radius 1 is 1.19 bits per heavy atom. The summed E-state index contributed by atoms with van der Waals surface area (Å²) in [6.45, 7) is 11.3. The van der Waals surface area contributed by atoms with Crippen molar-refractivity contribution in [1.82, 2.24) is 14.7 Å². The van der Waals surface area contributed by atoms with Gasteiger partial charge in [0.2, 0.25) is 5.91 Å². The summed E-state index contributed by atoms with van der Waals surface area (Å²) in [6, 6.07) is 2.13. The van der Waals surface area contributed by atoms with Gasteiger partial charge in [-0.05, 0) is 50.7 Å². The summed E-state index contributed by atoms with van der Waals surface area (Å²) in [5, 5.41) is 0. The average molecular weight is 378 g/mol. The second-order valence-corrected chi connectivity index (χ2v) is 8.68. The number of hydrogen-bond donors (Lipinski definition) is 0. The van der Waals surface area contributed by atoms with Crippen molar-refractivity contribution >= 4 is 23.2 Å². The molecule has 0 radical (unpaired) electrons. The lowest BCUT2D eigenvalue weighted by Crippen LogP contribution is -2.51. The molecule has 1 unspecified atom stereocenters. The first-order chi connectivity index (χ1) is 12.5. The van der Waals surface area contributed by atoms with Crippen molar-refractivity contribution in [1.29, 1.82) is 0 Å². The van der Waals surface area contributed by atoms with Crippen molar-refractivity contribution in [3.63, 3.8) is 0 Å². The minimum Gasteiger partial charge on any atom is -0.342 e. The van der Waals surface area contributed by atoms with Crippen LogP contribution < -0.4 is 0 Å². The first-order valence-corrected chi connectivity index (χ1v) is 10.7. The van der Waals surface area contributed by atoms with Crippen LogP contribution in [0.1, 0.15) is 47.3 Å². The van der Waals surface area contributed by atoms with Crippen LogP contribution in [0.3, 0.4) is 0 Å². The zero-order valence-electron chi connectivity index (χ0n) is 16.3. The Balaban J connectivity index is 1.53. The van der Waals surface area contributed by atoms with E-state index in [0.29, 0.717) is 19.6 Å². The number of piperazine rings is 1. The maximum Gasteiger partial charge on any atom is 0.264 e. The third-order valence-corrected chi connectivity index (χ3v) is 6.90. The maximum atomic E-state index is 12.9. The van der Waals surface area contributed by atoms with Crippen molar-refractivity contribution in [2.24, 2.45) is 5.92 Å². The van der Waals surface area contributed by atoms with Gasteiger partial charge in [-0.15, -0.1) is 11.3 Å². The highest BCUT2D eigenvalue weighted by molar-refractivity contribution is 7.14. The normalized spacial score (nSPS) is 20.7. The lowest BCUT2D eigenvalue weighted by Gasteiger charge is -2.35. The van der Waals surface area contributed by atoms with Crippen LogP contribution >= 0.6 is 11.3 Å². The van der Waals surface area contributed by atoms with E-state index >= 15 is 0 Å². The van der Waals surface area contributed by atoms with Crippen molar-refractivity contribution in [3.8, 4) is 0 Å². The summed E-state index contributed by atoms with van der Waals surface area (Å²) in [5.74, 6) is 1.09. The highest BCUT2D eigenvalue weighted by Crippen LogP contribution is 2.32. The average Bonchev–Trinajstić information content (AvgIpc) is 3.06. The number of likely N-dealkylation sites (N-methyl/N-ethyl adjacent to an activating group) is 1. The fourth-order valence-electron chi connectivity index (χ4n) is 3.94. The van der Waals surface area contributed by atoms with Crippen molar-refractivity contribution in [3.05, 3.63) is 21.4 Å². The van der Waals surface area contributed by atoms with E-state index < -0.39 is 0 Å². The molecule has 1 aliphatic carbocycles. The number of aryl methyl sites for hydroxylation is 1. The molecule has 1 aromatic rings. The number of thiophene rings is 1. The smallest absolute Gasteiger partial charge is 0.264 e. The molecule has 1 aromatic heterocycles. The minimum atomic E-state index is 0.173. The molecule has 0 saturated carbocycles. The van der Waals surface area contributed by atoms with Gasteiger partial charge in [-0.1, -0.05) is 6.92 Å². The van der Waals surface area contributed by atoms with Crippen LogP contribution in [0.25, 0.3) is 0 Å². The summed E-state index contributed by atoms with van der Waals surface area (Å²) in [4.78, 5) is 33.4.